The summed E-state index contributed by atoms with van der Waals surface area (Å²) < 4.78 is 0. The predicted octanol–water partition coefficient (Wildman–Crippen LogP) is 2.44. The lowest BCUT2D eigenvalue weighted by Gasteiger charge is -2.39. The van der Waals surface area contributed by atoms with Crippen LogP contribution in [0.15, 0.2) is 24.4 Å². The molecule has 0 aromatic carbocycles. The fourth-order valence-corrected chi connectivity index (χ4v) is 2.75. The SMILES string of the molecule is CCN(Cc1ccccn1)CC1(C)CCCCN1. The van der Waals surface area contributed by atoms with E-state index < -0.39 is 0 Å². The van der Waals surface area contributed by atoms with E-state index in [9.17, 15) is 0 Å². The molecule has 1 aromatic rings. The zero-order chi connectivity index (χ0) is 12.8. The molecule has 1 saturated heterocycles. The van der Waals surface area contributed by atoms with Gasteiger partial charge in [0.2, 0.25) is 0 Å². The summed E-state index contributed by atoms with van der Waals surface area (Å²) in [4.78, 5) is 6.91. The van der Waals surface area contributed by atoms with E-state index in [0.29, 0.717) is 0 Å². The third-order valence-electron chi connectivity index (χ3n) is 3.84. The number of nitrogens with zero attached hydrogens (tertiary/aromatic N) is 2. The maximum atomic E-state index is 4.42. The van der Waals surface area contributed by atoms with Crippen LogP contribution in [0, 0.1) is 0 Å². The summed E-state index contributed by atoms with van der Waals surface area (Å²) in [6.45, 7) is 8.89. The predicted molar refractivity (Wildman–Crippen MR) is 75.4 cm³/mol. The quantitative estimate of drug-likeness (QED) is 0.866. The van der Waals surface area contributed by atoms with Crippen LogP contribution in [0.2, 0.25) is 0 Å². The second-order valence-electron chi connectivity index (χ2n) is 5.57. The molecule has 1 N–H and O–H groups in total. The number of nitrogens with one attached hydrogen (secondary N) is 1. The first-order valence-corrected chi connectivity index (χ1v) is 7.09. The molecule has 100 valence electrons. The van der Waals surface area contributed by atoms with Crippen LogP contribution < -0.4 is 5.32 Å². The lowest BCUT2D eigenvalue weighted by atomic mass is 9.90. The summed E-state index contributed by atoms with van der Waals surface area (Å²) in [5, 5.41) is 3.68. The Morgan fingerprint density at radius 3 is 2.89 bits per heavy atom. The van der Waals surface area contributed by atoms with E-state index in [4.69, 9.17) is 0 Å². The molecule has 0 radical (unpaired) electrons. The first-order chi connectivity index (χ1) is 8.72. The number of aromatic nitrogens is 1. The Morgan fingerprint density at radius 1 is 1.39 bits per heavy atom. The van der Waals surface area contributed by atoms with Crippen molar-refractivity contribution in [1.29, 1.82) is 0 Å². The lowest BCUT2D eigenvalue weighted by Crippen LogP contribution is -2.53. The summed E-state index contributed by atoms with van der Waals surface area (Å²) >= 11 is 0. The Balaban J connectivity index is 1.92. The largest absolute Gasteiger partial charge is 0.310 e. The van der Waals surface area contributed by atoms with Gasteiger partial charge >= 0.3 is 0 Å². The minimum atomic E-state index is 0.281. The van der Waals surface area contributed by atoms with Gasteiger partial charge in [-0.25, -0.2) is 0 Å². The van der Waals surface area contributed by atoms with Crippen molar-refractivity contribution in [3.05, 3.63) is 30.1 Å². The number of likely N-dealkylation sites (N-methyl/N-ethyl adjacent to an activating group) is 1. The van der Waals surface area contributed by atoms with Crippen molar-refractivity contribution in [3.63, 3.8) is 0 Å². The van der Waals surface area contributed by atoms with Gasteiger partial charge in [0.05, 0.1) is 5.69 Å². The number of hydrogen-bond donors (Lipinski definition) is 1. The smallest absolute Gasteiger partial charge is 0.0543 e. The van der Waals surface area contributed by atoms with E-state index in [1.54, 1.807) is 0 Å². The number of rotatable bonds is 5. The fourth-order valence-electron chi connectivity index (χ4n) is 2.75. The number of piperidine rings is 1. The second kappa shape index (κ2) is 6.30. The van der Waals surface area contributed by atoms with Gasteiger partial charge in [0.15, 0.2) is 0 Å². The van der Waals surface area contributed by atoms with Gasteiger partial charge in [0.25, 0.3) is 0 Å². The molecule has 0 saturated carbocycles. The van der Waals surface area contributed by atoms with Crippen LogP contribution >= 0.6 is 0 Å². The van der Waals surface area contributed by atoms with Crippen molar-refractivity contribution >= 4 is 0 Å². The summed E-state index contributed by atoms with van der Waals surface area (Å²) in [6.07, 6.45) is 5.84. The molecule has 2 rings (SSSR count). The van der Waals surface area contributed by atoms with Gasteiger partial charge in [-0.15, -0.1) is 0 Å². The molecule has 2 heterocycles. The zero-order valence-corrected chi connectivity index (χ0v) is 11.7. The molecule has 0 bridgehead atoms. The van der Waals surface area contributed by atoms with E-state index in [-0.39, 0.29) is 5.54 Å². The Hall–Kier alpha value is -0.930. The standard InChI is InChI=1S/C15H25N3/c1-3-18(12-14-8-4-6-10-16-14)13-15(2)9-5-7-11-17-15/h4,6,8,10,17H,3,5,7,9,11-13H2,1-2H3. The third kappa shape index (κ3) is 3.79. The maximum absolute atomic E-state index is 4.42. The van der Waals surface area contributed by atoms with Crippen LogP contribution in [0.1, 0.15) is 38.8 Å². The van der Waals surface area contributed by atoms with Crippen molar-refractivity contribution in [1.82, 2.24) is 15.2 Å². The molecule has 1 aliphatic heterocycles. The zero-order valence-electron chi connectivity index (χ0n) is 11.7. The molecule has 18 heavy (non-hydrogen) atoms. The highest BCUT2D eigenvalue weighted by Gasteiger charge is 2.28. The van der Waals surface area contributed by atoms with Crippen molar-refractivity contribution in [2.75, 3.05) is 19.6 Å². The van der Waals surface area contributed by atoms with Crippen LogP contribution in [0.3, 0.4) is 0 Å². The van der Waals surface area contributed by atoms with E-state index in [0.717, 1.165) is 26.2 Å². The average molecular weight is 247 g/mol. The van der Waals surface area contributed by atoms with Crippen LogP contribution in [0.5, 0.6) is 0 Å². The van der Waals surface area contributed by atoms with Crippen molar-refractivity contribution in [2.45, 2.75) is 45.2 Å². The van der Waals surface area contributed by atoms with Crippen LogP contribution in [0.25, 0.3) is 0 Å². The Bertz CT molecular complexity index is 344. The molecule has 1 aliphatic rings. The van der Waals surface area contributed by atoms with Crippen LogP contribution in [-0.2, 0) is 6.54 Å². The Kier molecular flexibility index (Phi) is 4.72. The molecule has 3 heteroatoms. The Labute approximate surface area is 111 Å². The minimum Gasteiger partial charge on any atom is -0.310 e. The molecule has 1 fully saturated rings. The van der Waals surface area contributed by atoms with E-state index in [2.05, 4.69) is 41.2 Å². The second-order valence-corrected chi connectivity index (χ2v) is 5.57. The van der Waals surface area contributed by atoms with Gasteiger partial charge in [0.1, 0.15) is 0 Å². The molecule has 1 aromatic heterocycles. The van der Waals surface area contributed by atoms with Gasteiger partial charge in [-0.2, -0.15) is 0 Å². The highest BCUT2D eigenvalue weighted by molar-refractivity contribution is 5.03. The summed E-state index contributed by atoms with van der Waals surface area (Å²) in [5.41, 5.74) is 1.45. The van der Waals surface area contributed by atoms with Gasteiger partial charge in [-0.3, -0.25) is 9.88 Å². The third-order valence-corrected chi connectivity index (χ3v) is 3.84. The van der Waals surface area contributed by atoms with Gasteiger partial charge in [-0.1, -0.05) is 19.4 Å². The first kappa shape index (κ1) is 13.5. The number of hydrogen-bond acceptors (Lipinski definition) is 3. The van der Waals surface area contributed by atoms with E-state index >= 15 is 0 Å². The number of pyridine rings is 1. The van der Waals surface area contributed by atoms with Crippen molar-refractivity contribution < 1.29 is 0 Å². The molecule has 1 atom stereocenters. The monoisotopic (exact) mass is 247 g/mol. The minimum absolute atomic E-state index is 0.281. The molecule has 0 spiro atoms. The van der Waals surface area contributed by atoms with E-state index in [1.165, 1.54) is 25.0 Å². The van der Waals surface area contributed by atoms with Crippen molar-refractivity contribution in [2.24, 2.45) is 0 Å². The lowest BCUT2D eigenvalue weighted by molar-refractivity contribution is 0.162. The highest BCUT2D eigenvalue weighted by atomic mass is 15.2. The molecule has 1 unspecified atom stereocenters. The van der Waals surface area contributed by atoms with Crippen LogP contribution in [-0.4, -0.2) is 35.1 Å². The van der Waals surface area contributed by atoms with E-state index in [1.807, 2.05) is 12.3 Å². The average Bonchev–Trinajstić information content (AvgIpc) is 2.40. The highest BCUT2D eigenvalue weighted by Crippen LogP contribution is 2.20. The maximum Gasteiger partial charge on any atom is 0.0543 e. The van der Waals surface area contributed by atoms with Gasteiger partial charge in [0, 0.05) is 24.8 Å². The van der Waals surface area contributed by atoms with Crippen molar-refractivity contribution in [3.8, 4) is 0 Å². The molecule has 0 amide bonds. The topological polar surface area (TPSA) is 28.2 Å². The summed E-state index contributed by atoms with van der Waals surface area (Å²) in [5.74, 6) is 0. The van der Waals surface area contributed by atoms with Crippen LogP contribution in [0.4, 0.5) is 0 Å². The van der Waals surface area contributed by atoms with Gasteiger partial charge < -0.3 is 5.32 Å². The first-order valence-electron chi connectivity index (χ1n) is 7.09. The Morgan fingerprint density at radius 2 is 2.28 bits per heavy atom. The summed E-state index contributed by atoms with van der Waals surface area (Å²) in [6, 6.07) is 6.15. The molecule has 0 aliphatic carbocycles. The summed E-state index contributed by atoms with van der Waals surface area (Å²) in [7, 11) is 0. The molecular formula is C15H25N3. The fraction of sp³-hybridized carbons (Fsp3) is 0.667. The van der Waals surface area contributed by atoms with Gasteiger partial charge in [-0.05, 0) is 45.0 Å². The molecule has 3 nitrogen and oxygen atoms in total. The normalized spacial score (nSPS) is 24.4. The molecular weight excluding hydrogens is 222 g/mol.